The highest BCUT2D eigenvalue weighted by Gasteiger charge is 2.25. The molecular formula is C23H23N3O4S2. The molecule has 1 atom stereocenters. The Balaban J connectivity index is 1.34. The van der Waals surface area contributed by atoms with Crippen LogP contribution in [0.15, 0.2) is 43.4 Å². The Hall–Kier alpha value is -2.36. The number of nitrogens with zero attached hydrogens (tertiary/aromatic N) is 3. The van der Waals surface area contributed by atoms with Crippen LogP contribution in [0, 0.1) is 0 Å². The molecule has 1 aliphatic carbocycles. The Morgan fingerprint density at radius 3 is 3.00 bits per heavy atom. The van der Waals surface area contributed by atoms with E-state index in [0.29, 0.717) is 23.8 Å². The van der Waals surface area contributed by atoms with Crippen molar-refractivity contribution in [3.63, 3.8) is 0 Å². The number of ether oxygens (including phenoxy) is 1. The lowest BCUT2D eigenvalue weighted by Crippen LogP contribution is -2.29. The fourth-order valence-electron chi connectivity index (χ4n) is 4.54. The summed E-state index contributed by atoms with van der Waals surface area (Å²) >= 11 is 3.21. The second-order valence-electron chi connectivity index (χ2n) is 8.28. The first kappa shape index (κ1) is 20.3. The highest BCUT2D eigenvalue weighted by Crippen LogP contribution is 2.35. The predicted octanol–water partition coefficient (Wildman–Crippen LogP) is 5.06. The molecule has 1 aliphatic heterocycles. The van der Waals surface area contributed by atoms with Crippen LogP contribution in [0.4, 0.5) is 0 Å². The van der Waals surface area contributed by atoms with Crippen molar-refractivity contribution in [1.82, 2.24) is 14.7 Å². The first-order valence-corrected chi connectivity index (χ1v) is 12.9. The first-order chi connectivity index (χ1) is 15.8. The van der Waals surface area contributed by atoms with Gasteiger partial charge in [-0.15, -0.1) is 11.3 Å². The van der Waals surface area contributed by atoms with Crippen molar-refractivity contribution in [3.05, 3.63) is 51.0 Å². The van der Waals surface area contributed by atoms with E-state index in [1.54, 1.807) is 17.6 Å². The molecule has 0 spiro atoms. The number of rotatable bonds is 6. The maximum Gasteiger partial charge on any atom is 0.263 e. The van der Waals surface area contributed by atoms with E-state index in [1.807, 2.05) is 22.8 Å². The van der Waals surface area contributed by atoms with Crippen LogP contribution in [-0.4, -0.2) is 27.4 Å². The number of fused-ring (bicyclic) bond motifs is 3. The topological polar surface area (TPSA) is 83.3 Å². The number of furan rings is 1. The number of thioether (sulfide) groups is 1. The quantitative estimate of drug-likeness (QED) is 0.288. The van der Waals surface area contributed by atoms with Gasteiger partial charge in [-0.25, -0.2) is 4.98 Å². The summed E-state index contributed by atoms with van der Waals surface area (Å²) in [6, 6.07) is 5.53. The number of aryl methyl sites for hydroxylation is 2. The van der Waals surface area contributed by atoms with Crippen molar-refractivity contribution >= 4 is 33.3 Å². The summed E-state index contributed by atoms with van der Waals surface area (Å²) in [6.45, 7) is 1.31. The van der Waals surface area contributed by atoms with Crippen LogP contribution in [0.1, 0.15) is 41.8 Å². The molecule has 4 aromatic rings. The summed E-state index contributed by atoms with van der Waals surface area (Å²) in [6.07, 6.45) is 8.06. The summed E-state index contributed by atoms with van der Waals surface area (Å²) in [5, 5.41) is 5.71. The third-order valence-electron chi connectivity index (χ3n) is 6.12. The Bertz CT molecular complexity index is 1300. The molecular weight excluding hydrogens is 446 g/mol. The van der Waals surface area contributed by atoms with Crippen molar-refractivity contribution in [2.75, 3.05) is 6.61 Å². The van der Waals surface area contributed by atoms with Gasteiger partial charge in [0, 0.05) is 23.3 Å². The van der Waals surface area contributed by atoms with Crippen molar-refractivity contribution in [1.29, 1.82) is 0 Å². The molecule has 0 aromatic carbocycles. The molecule has 6 rings (SSSR count). The minimum Gasteiger partial charge on any atom is -0.461 e. The number of thiophene rings is 1. The van der Waals surface area contributed by atoms with Gasteiger partial charge < -0.3 is 13.7 Å². The Morgan fingerprint density at radius 1 is 1.22 bits per heavy atom. The lowest BCUT2D eigenvalue weighted by Gasteiger charge is -2.16. The van der Waals surface area contributed by atoms with Gasteiger partial charge in [-0.05, 0) is 56.2 Å². The molecule has 0 amide bonds. The van der Waals surface area contributed by atoms with E-state index in [1.165, 1.54) is 28.6 Å². The molecule has 0 radical (unpaired) electrons. The highest BCUT2D eigenvalue weighted by molar-refractivity contribution is 7.98. The normalized spacial score (nSPS) is 18.4. The van der Waals surface area contributed by atoms with Gasteiger partial charge in [-0.2, -0.15) is 0 Å². The largest absolute Gasteiger partial charge is 0.461 e. The standard InChI is InChI=1S/C23H23N3O4S2/c27-22-20-16-6-1-2-8-19(16)32-21(20)24-23(26(22)12-15-5-3-9-28-15)31-13-14-11-18(30-25-14)17-7-4-10-29-17/h4,7,10-11,15H,1-3,5-6,8-9,12-13H2. The lowest BCUT2D eigenvalue weighted by molar-refractivity contribution is 0.0937. The monoisotopic (exact) mass is 469 g/mol. The summed E-state index contributed by atoms with van der Waals surface area (Å²) in [5.74, 6) is 1.79. The van der Waals surface area contributed by atoms with Gasteiger partial charge >= 0.3 is 0 Å². The second-order valence-corrected chi connectivity index (χ2v) is 10.3. The fourth-order valence-corrected chi connectivity index (χ4v) is 6.73. The van der Waals surface area contributed by atoms with Crippen molar-refractivity contribution < 1.29 is 13.7 Å². The third-order valence-corrected chi connectivity index (χ3v) is 8.32. The molecule has 9 heteroatoms. The van der Waals surface area contributed by atoms with E-state index < -0.39 is 0 Å². The average Bonchev–Trinajstić information content (AvgIpc) is 3.60. The van der Waals surface area contributed by atoms with Crippen LogP contribution in [0.25, 0.3) is 21.7 Å². The number of hydrogen-bond donors (Lipinski definition) is 0. The number of hydrogen-bond acceptors (Lipinski definition) is 8. The Kier molecular flexibility index (Phi) is 5.40. The summed E-state index contributed by atoms with van der Waals surface area (Å²) in [7, 11) is 0. The van der Waals surface area contributed by atoms with Gasteiger partial charge in [0.15, 0.2) is 10.9 Å². The van der Waals surface area contributed by atoms with Crippen LogP contribution in [-0.2, 0) is 29.9 Å². The van der Waals surface area contributed by atoms with Gasteiger partial charge in [0.2, 0.25) is 5.76 Å². The second kappa shape index (κ2) is 8.53. The van der Waals surface area contributed by atoms with E-state index in [0.717, 1.165) is 59.8 Å². The van der Waals surface area contributed by atoms with Crippen LogP contribution in [0.5, 0.6) is 0 Å². The molecule has 1 unspecified atom stereocenters. The maximum absolute atomic E-state index is 13.7. The van der Waals surface area contributed by atoms with Gasteiger partial charge in [-0.1, -0.05) is 16.9 Å². The molecule has 0 bridgehead atoms. The summed E-state index contributed by atoms with van der Waals surface area (Å²) in [4.78, 5) is 20.8. The Labute approximate surface area is 192 Å². The van der Waals surface area contributed by atoms with Crippen molar-refractivity contribution in [3.8, 4) is 11.5 Å². The smallest absolute Gasteiger partial charge is 0.263 e. The van der Waals surface area contributed by atoms with Crippen LogP contribution in [0.3, 0.4) is 0 Å². The van der Waals surface area contributed by atoms with Crippen molar-refractivity contribution in [2.45, 2.75) is 62.1 Å². The third kappa shape index (κ3) is 3.72. The molecule has 166 valence electrons. The van der Waals surface area contributed by atoms with Crippen LogP contribution >= 0.6 is 23.1 Å². The van der Waals surface area contributed by atoms with Crippen LogP contribution < -0.4 is 5.56 Å². The van der Waals surface area contributed by atoms with Gasteiger partial charge in [0.25, 0.3) is 5.56 Å². The Morgan fingerprint density at radius 2 is 2.16 bits per heavy atom. The number of aromatic nitrogens is 3. The first-order valence-electron chi connectivity index (χ1n) is 11.1. The van der Waals surface area contributed by atoms with E-state index >= 15 is 0 Å². The zero-order valence-corrected chi connectivity index (χ0v) is 19.2. The minimum atomic E-state index is 0.0679. The maximum atomic E-state index is 13.7. The van der Waals surface area contributed by atoms with E-state index in [4.69, 9.17) is 18.7 Å². The van der Waals surface area contributed by atoms with Crippen molar-refractivity contribution in [2.24, 2.45) is 0 Å². The molecule has 0 N–H and O–H groups in total. The van der Waals surface area contributed by atoms with E-state index in [-0.39, 0.29) is 11.7 Å². The SMILES string of the molecule is O=c1c2c3c(sc2nc(SCc2cc(-c4ccco4)on2)n1CC1CCCO1)CCCC3. The molecule has 2 aliphatic rings. The molecule has 32 heavy (non-hydrogen) atoms. The molecule has 1 fully saturated rings. The fraction of sp³-hybridized carbons (Fsp3) is 0.435. The molecule has 7 nitrogen and oxygen atoms in total. The predicted molar refractivity (Wildman–Crippen MR) is 123 cm³/mol. The molecule has 5 heterocycles. The highest BCUT2D eigenvalue weighted by atomic mass is 32.2. The molecule has 0 saturated carbocycles. The zero-order valence-electron chi connectivity index (χ0n) is 17.5. The van der Waals surface area contributed by atoms with Gasteiger partial charge in [0.05, 0.1) is 30.0 Å². The minimum absolute atomic E-state index is 0.0679. The summed E-state index contributed by atoms with van der Waals surface area (Å²) < 4.78 is 18.5. The summed E-state index contributed by atoms with van der Waals surface area (Å²) in [5.41, 5.74) is 2.08. The van der Waals surface area contributed by atoms with Crippen LogP contribution in [0.2, 0.25) is 0 Å². The van der Waals surface area contributed by atoms with E-state index in [2.05, 4.69) is 5.16 Å². The lowest BCUT2D eigenvalue weighted by atomic mass is 9.97. The molecule has 1 saturated heterocycles. The van der Waals surface area contributed by atoms with Gasteiger partial charge in [0.1, 0.15) is 4.83 Å². The average molecular weight is 470 g/mol. The van der Waals surface area contributed by atoms with Gasteiger partial charge in [-0.3, -0.25) is 9.36 Å². The molecule has 4 aromatic heterocycles. The zero-order chi connectivity index (χ0) is 21.5. The van der Waals surface area contributed by atoms with E-state index in [9.17, 15) is 4.79 Å².